The van der Waals surface area contributed by atoms with Gasteiger partial charge >= 0.3 is 5.97 Å². The third kappa shape index (κ3) is 5.66. The summed E-state index contributed by atoms with van der Waals surface area (Å²) in [6.07, 6.45) is 4.20. The molecule has 55 heavy (non-hydrogen) atoms. The van der Waals surface area contributed by atoms with Crippen molar-refractivity contribution in [2.24, 2.45) is 62.1 Å². The van der Waals surface area contributed by atoms with Crippen LogP contribution in [0.1, 0.15) is 104 Å². The predicted octanol–water partition coefficient (Wildman–Crippen LogP) is 5.47. The highest BCUT2D eigenvalue weighted by molar-refractivity contribution is 5.77. The van der Waals surface area contributed by atoms with Gasteiger partial charge in [0.05, 0.1) is 37.4 Å². The maximum absolute atomic E-state index is 13.7. The van der Waals surface area contributed by atoms with Gasteiger partial charge < -0.3 is 44.8 Å². The Kier molecular flexibility index (Phi) is 10.1. The summed E-state index contributed by atoms with van der Waals surface area (Å²) >= 11 is 0. The summed E-state index contributed by atoms with van der Waals surface area (Å²) in [5.74, 6) is -0.262. The largest absolute Gasteiger partial charge is 0.481 e. The monoisotopic (exact) mass is 766 g/mol. The lowest BCUT2D eigenvalue weighted by atomic mass is 9.31. The van der Waals surface area contributed by atoms with E-state index in [0.29, 0.717) is 25.9 Å². The number of ether oxygens (including phenoxy) is 3. The van der Waals surface area contributed by atoms with Gasteiger partial charge in [0.25, 0.3) is 0 Å². The molecule has 1 saturated heterocycles. The van der Waals surface area contributed by atoms with Crippen molar-refractivity contribution in [3.8, 4) is 0 Å². The molecular weight excluding hydrogens is 700 g/mol. The van der Waals surface area contributed by atoms with E-state index in [1.807, 2.05) is 30.3 Å². The Bertz CT molecular complexity index is 1640. The van der Waals surface area contributed by atoms with Gasteiger partial charge in [0.2, 0.25) is 0 Å². The van der Waals surface area contributed by atoms with Gasteiger partial charge in [-0.1, -0.05) is 83.0 Å². The summed E-state index contributed by atoms with van der Waals surface area (Å²) in [7, 11) is 0. The first kappa shape index (κ1) is 39.9. The third-order valence-corrected chi connectivity index (χ3v) is 17.9. The van der Waals surface area contributed by atoms with Gasteiger partial charge in [-0.2, -0.15) is 0 Å². The van der Waals surface area contributed by atoms with E-state index in [9.17, 15) is 35.4 Å². The molecule has 0 amide bonds. The number of aliphatic hydroxyl groups is 5. The van der Waals surface area contributed by atoms with E-state index in [2.05, 4.69) is 40.7 Å². The zero-order valence-electron chi connectivity index (χ0n) is 33.5. The first-order valence-electron chi connectivity index (χ1n) is 21.1. The van der Waals surface area contributed by atoms with E-state index in [4.69, 9.17) is 14.2 Å². The number of aliphatic carboxylic acids is 1. The standard InChI is InChI=1S/C45H66O10/c1-40(24-46)18-28-13-9-12-27-19-45(28,39(51)52)30(20-40)29-14-15-34-41(2)21-32(53-22-26-10-7-6-8-11-26)37(55-38-36(50)35(49)31(48)23-54-38)42(3,25-47)33(41)16-17-43(34,4)44(27,29)5/h6-8,10-11,14,27-28,30-38,46-50H,9,12-13,15-25H2,1-5H3,(H,51,52). The van der Waals surface area contributed by atoms with E-state index < -0.39 is 53.6 Å². The fourth-order valence-electron chi connectivity index (χ4n) is 15.0. The first-order valence-corrected chi connectivity index (χ1v) is 21.1. The van der Waals surface area contributed by atoms with Gasteiger partial charge in [0.15, 0.2) is 6.29 Å². The smallest absolute Gasteiger partial charge is 0.310 e. The fourth-order valence-corrected chi connectivity index (χ4v) is 15.0. The molecule has 2 bridgehead atoms. The minimum Gasteiger partial charge on any atom is -0.481 e. The van der Waals surface area contributed by atoms with Crippen molar-refractivity contribution in [2.45, 2.75) is 142 Å². The topological polar surface area (TPSA) is 166 Å². The van der Waals surface area contributed by atoms with Crippen molar-refractivity contribution in [3.05, 3.63) is 47.5 Å². The lowest BCUT2D eigenvalue weighted by Gasteiger charge is -2.73. The second-order valence-corrected chi connectivity index (χ2v) is 20.5. The number of hydrogen-bond acceptors (Lipinski definition) is 9. The van der Waals surface area contributed by atoms with Crippen molar-refractivity contribution >= 4 is 5.97 Å². The number of hydrogen-bond donors (Lipinski definition) is 6. The van der Waals surface area contributed by atoms with Gasteiger partial charge in [0.1, 0.15) is 18.3 Å². The Hall–Kier alpha value is -1.89. The Morgan fingerprint density at radius 2 is 1.60 bits per heavy atom. The van der Waals surface area contributed by atoms with Gasteiger partial charge in [-0.15, -0.1) is 0 Å². The molecule has 0 aromatic heterocycles. The molecule has 5 saturated carbocycles. The average Bonchev–Trinajstić information content (AvgIpc) is 3.35. The summed E-state index contributed by atoms with van der Waals surface area (Å²) in [4.78, 5) is 13.7. The second-order valence-electron chi connectivity index (χ2n) is 20.5. The number of rotatable bonds is 8. The molecule has 7 aliphatic rings. The normalized spacial score (nSPS) is 51.8. The number of allylic oxidation sites excluding steroid dienone is 2. The van der Waals surface area contributed by atoms with E-state index in [1.165, 1.54) is 5.57 Å². The minimum absolute atomic E-state index is 0.0204. The Morgan fingerprint density at radius 3 is 2.29 bits per heavy atom. The van der Waals surface area contributed by atoms with E-state index in [0.717, 1.165) is 50.5 Å². The lowest BCUT2D eigenvalue weighted by molar-refractivity contribution is -0.333. The number of benzene rings is 1. The Labute approximate surface area is 326 Å². The summed E-state index contributed by atoms with van der Waals surface area (Å²) in [5, 5.41) is 65.3. The summed E-state index contributed by atoms with van der Waals surface area (Å²) in [6, 6.07) is 9.98. The van der Waals surface area contributed by atoms with Crippen LogP contribution in [0.4, 0.5) is 0 Å². The van der Waals surface area contributed by atoms with Crippen LogP contribution in [0.2, 0.25) is 0 Å². The van der Waals surface area contributed by atoms with E-state index in [-0.39, 0.29) is 71.1 Å². The van der Waals surface area contributed by atoms with E-state index >= 15 is 0 Å². The summed E-state index contributed by atoms with van der Waals surface area (Å²) < 4.78 is 19.4. The lowest BCUT2D eigenvalue weighted by Crippen LogP contribution is -2.70. The van der Waals surface area contributed by atoms with Crippen molar-refractivity contribution in [2.75, 3.05) is 19.8 Å². The van der Waals surface area contributed by atoms with Crippen LogP contribution in [0.5, 0.6) is 0 Å². The van der Waals surface area contributed by atoms with Crippen molar-refractivity contribution in [1.82, 2.24) is 0 Å². The maximum Gasteiger partial charge on any atom is 0.310 e. The van der Waals surface area contributed by atoms with Gasteiger partial charge in [-0.3, -0.25) is 4.79 Å². The molecule has 1 heterocycles. The zero-order chi connectivity index (χ0) is 39.3. The Balaban J connectivity index is 1.21. The van der Waals surface area contributed by atoms with Crippen LogP contribution in [0.25, 0.3) is 0 Å². The molecule has 1 aromatic rings. The summed E-state index contributed by atoms with van der Waals surface area (Å²) in [6.45, 7) is 11.7. The molecular formula is C45H66O10. The van der Waals surface area contributed by atoms with Crippen LogP contribution in [0.15, 0.2) is 42.0 Å². The quantitative estimate of drug-likeness (QED) is 0.148. The van der Waals surface area contributed by atoms with Crippen LogP contribution in [-0.4, -0.2) is 93.2 Å². The van der Waals surface area contributed by atoms with Crippen LogP contribution in [0.3, 0.4) is 0 Å². The van der Waals surface area contributed by atoms with Crippen LogP contribution in [0, 0.1) is 62.1 Å². The van der Waals surface area contributed by atoms with Crippen LogP contribution >= 0.6 is 0 Å². The minimum atomic E-state index is -1.47. The number of aliphatic hydroxyl groups excluding tert-OH is 5. The maximum atomic E-state index is 13.7. The zero-order valence-corrected chi connectivity index (χ0v) is 33.5. The third-order valence-electron chi connectivity index (χ3n) is 17.9. The van der Waals surface area contributed by atoms with Crippen LogP contribution < -0.4 is 0 Å². The molecule has 1 aromatic carbocycles. The van der Waals surface area contributed by atoms with Gasteiger partial charge in [-0.05, 0) is 115 Å². The highest BCUT2D eigenvalue weighted by atomic mass is 16.7. The van der Waals surface area contributed by atoms with E-state index in [1.54, 1.807) is 0 Å². The van der Waals surface area contributed by atoms with Crippen molar-refractivity contribution in [3.63, 3.8) is 0 Å². The number of carboxylic acids is 1. The molecule has 1 aliphatic heterocycles. The molecule has 17 unspecified atom stereocenters. The molecule has 0 radical (unpaired) electrons. The predicted molar refractivity (Wildman–Crippen MR) is 204 cm³/mol. The molecule has 10 nitrogen and oxygen atoms in total. The number of fused-ring (bicyclic) bond motifs is 8. The van der Waals surface area contributed by atoms with Crippen LogP contribution in [-0.2, 0) is 25.6 Å². The highest BCUT2D eigenvalue weighted by Gasteiger charge is 2.74. The molecule has 10 heteroatoms. The highest BCUT2D eigenvalue weighted by Crippen LogP contribution is 2.78. The SMILES string of the molecule is CC1(CO)CC2CCCC3CC2(C(=O)O)C(C1)C1=CCC2C4(C)CC(OCc5ccccc5)C(OC5OCC(O)C(O)C5O)C(C)(CO)C4CCC2(C)C13C. The molecule has 306 valence electrons. The number of carboxylic acid groups (broad SMARTS) is 1. The fraction of sp³-hybridized carbons (Fsp3) is 0.800. The second kappa shape index (κ2) is 13.9. The van der Waals surface area contributed by atoms with Gasteiger partial charge in [-0.25, -0.2) is 0 Å². The van der Waals surface area contributed by atoms with Crippen molar-refractivity contribution in [1.29, 1.82) is 0 Å². The number of carbonyl (C=O) groups is 1. The molecule has 6 N–H and O–H groups in total. The molecule has 8 rings (SSSR count). The first-order chi connectivity index (χ1) is 26.0. The molecule has 17 atom stereocenters. The molecule has 6 fully saturated rings. The Morgan fingerprint density at radius 1 is 0.873 bits per heavy atom. The molecule has 0 spiro atoms. The van der Waals surface area contributed by atoms with Crippen molar-refractivity contribution < 1.29 is 49.6 Å². The molecule has 6 aliphatic carbocycles. The van der Waals surface area contributed by atoms with Gasteiger partial charge in [0, 0.05) is 12.0 Å². The average molecular weight is 767 g/mol. The summed E-state index contributed by atoms with van der Waals surface area (Å²) in [5.41, 5.74) is -0.294.